The number of halogens is 1. The van der Waals surface area contributed by atoms with E-state index < -0.39 is 0 Å². The molecule has 0 bridgehead atoms. The van der Waals surface area contributed by atoms with Crippen LogP contribution < -0.4 is 0 Å². The van der Waals surface area contributed by atoms with Crippen LogP contribution in [0.1, 0.15) is 12.5 Å². The fourth-order valence-corrected chi connectivity index (χ4v) is 0.729. The molecule has 0 aliphatic carbocycles. The van der Waals surface area contributed by atoms with Crippen molar-refractivity contribution in [3.8, 4) is 0 Å². The topological polar surface area (TPSA) is 35.0 Å². The zero-order chi connectivity index (χ0) is 8.81. The summed E-state index contributed by atoms with van der Waals surface area (Å²) >= 11 is 5.50. The Hall–Kier alpha value is -1.09. The van der Waals surface area contributed by atoms with Gasteiger partial charge in [-0.2, -0.15) is 0 Å². The van der Waals surface area contributed by atoms with Crippen LogP contribution in [0.3, 0.4) is 0 Å². The van der Waals surface area contributed by atoms with Crippen molar-refractivity contribution in [2.24, 2.45) is 0 Å². The molecule has 0 saturated heterocycles. The first-order valence-electron chi connectivity index (χ1n) is 3.58. The van der Waals surface area contributed by atoms with Crippen molar-refractivity contribution in [1.82, 2.24) is 9.97 Å². The summed E-state index contributed by atoms with van der Waals surface area (Å²) in [4.78, 5) is 7.61. The Morgan fingerprint density at radius 1 is 1.50 bits per heavy atom. The van der Waals surface area contributed by atoms with Crippen LogP contribution in [0.2, 0.25) is 5.28 Å². The van der Waals surface area contributed by atoms with Crippen LogP contribution in [0.15, 0.2) is 18.7 Å². The number of nitrogens with zero attached hydrogens (tertiary/aromatic N) is 2. The highest BCUT2D eigenvalue weighted by molar-refractivity contribution is 6.28. The molecule has 12 heavy (non-hydrogen) atoms. The number of rotatable bonds is 3. The van der Waals surface area contributed by atoms with Gasteiger partial charge in [0.2, 0.25) is 5.28 Å². The molecule has 3 nitrogen and oxygen atoms in total. The predicted octanol–water partition coefficient (Wildman–Crippen LogP) is 2.14. The monoisotopic (exact) mass is 184 g/mol. The van der Waals surface area contributed by atoms with Crippen molar-refractivity contribution >= 4 is 17.7 Å². The average molecular weight is 185 g/mol. The van der Waals surface area contributed by atoms with Crippen molar-refractivity contribution in [2.75, 3.05) is 6.61 Å². The summed E-state index contributed by atoms with van der Waals surface area (Å²) in [6.45, 7) is 2.58. The lowest BCUT2D eigenvalue weighted by atomic mass is 10.3. The molecule has 1 aromatic heterocycles. The first-order chi connectivity index (χ1) is 5.83. The molecule has 0 aliphatic heterocycles. The standard InChI is InChI=1S/C8H9ClN2O/c1-2-12-4-3-7-5-10-8(9)11-6-7/h3-6H,2H2,1H3/b4-3+. The van der Waals surface area contributed by atoms with E-state index >= 15 is 0 Å². The largest absolute Gasteiger partial charge is 0.501 e. The number of hydrogen-bond acceptors (Lipinski definition) is 3. The van der Waals surface area contributed by atoms with E-state index in [1.54, 1.807) is 24.7 Å². The minimum atomic E-state index is 0.253. The van der Waals surface area contributed by atoms with E-state index in [0.29, 0.717) is 6.61 Å². The summed E-state index contributed by atoms with van der Waals surface area (Å²) in [5.41, 5.74) is 0.868. The molecular weight excluding hydrogens is 176 g/mol. The zero-order valence-electron chi connectivity index (χ0n) is 6.70. The Balaban J connectivity index is 2.58. The van der Waals surface area contributed by atoms with Gasteiger partial charge in [0.25, 0.3) is 0 Å². The molecule has 0 aliphatic rings. The predicted molar refractivity (Wildman–Crippen MR) is 47.7 cm³/mol. The maximum absolute atomic E-state index is 5.50. The lowest BCUT2D eigenvalue weighted by molar-refractivity contribution is 0.272. The highest BCUT2D eigenvalue weighted by Crippen LogP contribution is 2.02. The Kier molecular flexibility index (Phi) is 3.54. The van der Waals surface area contributed by atoms with Gasteiger partial charge in [0, 0.05) is 18.0 Å². The molecule has 0 N–H and O–H groups in total. The summed E-state index contributed by atoms with van der Waals surface area (Å²) in [7, 11) is 0. The molecule has 0 spiro atoms. The van der Waals surface area contributed by atoms with Gasteiger partial charge in [-0.1, -0.05) is 0 Å². The van der Waals surface area contributed by atoms with Crippen molar-refractivity contribution in [3.63, 3.8) is 0 Å². The van der Waals surface area contributed by atoms with Gasteiger partial charge in [0.15, 0.2) is 0 Å². The van der Waals surface area contributed by atoms with E-state index in [0.717, 1.165) is 5.56 Å². The van der Waals surface area contributed by atoms with Gasteiger partial charge in [-0.3, -0.25) is 0 Å². The molecule has 1 aromatic rings. The second-order valence-electron chi connectivity index (χ2n) is 2.04. The molecule has 0 unspecified atom stereocenters. The lowest BCUT2D eigenvalue weighted by Crippen LogP contribution is -1.82. The van der Waals surface area contributed by atoms with Crippen molar-refractivity contribution < 1.29 is 4.74 Å². The van der Waals surface area contributed by atoms with E-state index in [1.807, 2.05) is 6.92 Å². The van der Waals surface area contributed by atoms with Crippen molar-refractivity contribution in [1.29, 1.82) is 0 Å². The summed E-state index contributed by atoms with van der Waals surface area (Å²) in [5.74, 6) is 0. The third kappa shape index (κ3) is 2.88. The molecule has 0 aromatic carbocycles. The van der Waals surface area contributed by atoms with Crippen LogP contribution in [-0.2, 0) is 4.74 Å². The SMILES string of the molecule is CCO/C=C/c1cnc(Cl)nc1. The fourth-order valence-electron chi connectivity index (χ4n) is 0.631. The third-order valence-corrected chi connectivity index (χ3v) is 1.36. The van der Waals surface area contributed by atoms with Crippen LogP contribution in [0, 0.1) is 0 Å². The van der Waals surface area contributed by atoms with Gasteiger partial charge in [0.1, 0.15) is 0 Å². The molecule has 4 heteroatoms. The molecule has 64 valence electrons. The Morgan fingerprint density at radius 3 is 2.75 bits per heavy atom. The first-order valence-corrected chi connectivity index (χ1v) is 3.96. The van der Waals surface area contributed by atoms with Gasteiger partial charge in [-0.05, 0) is 24.6 Å². The Labute approximate surface area is 76.1 Å². The maximum Gasteiger partial charge on any atom is 0.222 e. The summed E-state index contributed by atoms with van der Waals surface area (Å²) < 4.78 is 5.00. The van der Waals surface area contributed by atoms with E-state index in [9.17, 15) is 0 Å². The Bertz CT molecular complexity index is 258. The molecular formula is C8H9ClN2O. The first kappa shape index (κ1) is 9.00. The third-order valence-electron chi connectivity index (χ3n) is 1.16. The Morgan fingerprint density at radius 2 is 2.17 bits per heavy atom. The van der Waals surface area contributed by atoms with Gasteiger partial charge in [-0.25, -0.2) is 9.97 Å². The van der Waals surface area contributed by atoms with E-state index in [1.165, 1.54) is 0 Å². The number of ether oxygens (including phenoxy) is 1. The van der Waals surface area contributed by atoms with E-state index in [2.05, 4.69) is 9.97 Å². The van der Waals surface area contributed by atoms with Crippen LogP contribution in [0.4, 0.5) is 0 Å². The minimum Gasteiger partial charge on any atom is -0.501 e. The minimum absolute atomic E-state index is 0.253. The van der Waals surface area contributed by atoms with Gasteiger partial charge in [0.05, 0.1) is 12.9 Å². The molecule has 0 atom stereocenters. The van der Waals surface area contributed by atoms with Crippen molar-refractivity contribution in [3.05, 3.63) is 29.5 Å². The fraction of sp³-hybridized carbons (Fsp3) is 0.250. The van der Waals surface area contributed by atoms with E-state index in [-0.39, 0.29) is 5.28 Å². The highest BCUT2D eigenvalue weighted by atomic mass is 35.5. The summed E-state index contributed by atoms with van der Waals surface area (Å²) in [6.07, 6.45) is 6.64. The second kappa shape index (κ2) is 4.72. The van der Waals surface area contributed by atoms with Gasteiger partial charge < -0.3 is 4.74 Å². The quantitative estimate of drug-likeness (QED) is 0.533. The number of aromatic nitrogens is 2. The van der Waals surface area contributed by atoms with Gasteiger partial charge in [-0.15, -0.1) is 0 Å². The molecule has 1 rings (SSSR count). The van der Waals surface area contributed by atoms with Crippen LogP contribution in [0.25, 0.3) is 6.08 Å². The van der Waals surface area contributed by atoms with Gasteiger partial charge >= 0.3 is 0 Å². The van der Waals surface area contributed by atoms with Crippen LogP contribution in [-0.4, -0.2) is 16.6 Å². The molecule has 0 radical (unpaired) electrons. The molecule has 0 amide bonds. The molecule has 0 saturated carbocycles. The van der Waals surface area contributed by atoms with Crippen LogP contribution in [0.5, 0.6) is 0 Å². The maximum atomic E-state index is 5.50. The molecule has 0 fully saturated rings. The summed E-state index contributed by atoms with van der Waals surface area (Å²) in [5, 5.41) is 0.253. The molecule has 1 heterocycles. The lowest BCUT2D eigenvalue weighted by Gasteiger charge is -1.93. The number of hydrogen-bond donors (Lipinski definition) is 0. The zero-order valence-corrected chi connectivity index (χ0v) is 7.45. The van der Waals surface area contributed by atoms with E-state index in [4.69, 9.17) is 16.3 Å². The highest BCUT2D eigenvalue weighted by Gasteiger charge is 1.89. The smallest absolute Gasteiger partial charge is 0.222 e. The normalized spacial score (nSPS) is 10.5. The van der Waals surface area contributed by atoms with Crippen molar-refractivity contribution in [2.45, 2.75) is 6.92 Å². The second-order valence-corrected chi connectivity index (χ2v) is 2.38. The van der Waals surface area contributed by atoms with Crippen LogP contribution >= 0.6 is 11.6 Å². The average Bonchev–Trinajstić information content (AvgIpc) is 2.09. The summed E-state index contributed by atoms with van der Waals surface area (Å²) in [6, 6.07) is 0.